The summed E-state index contributed by atoms with van der Waals surface area (Å²) in [6, 6.07) is 15.6. The minimum atomic E-state index is -0.0705. The highest BCUT2D eigenvalue weighted by Gasteiger charge is 2.33. The van der Waals surface area contributed by atoms with E-state index in [0.29, 0.717) is 9.23 Å². The molecule has 0 spiro atoms. The zero-order valence-corrected chi connectivity index (χ0v) is 15.0. The number of halogens is 1. The smallest absolute Gasteiger partial charge is 0.268 e. The van der Waals surface area contributed by atoms with Crippen LogP contribution < -0.4 is 4.90 Å². The van der Waals surface area contributed by atoms with Gasteiger partial charge in [0.1, 0.15) is 0 Å². The predicted octanol–water partition coefficient (Wildman–Crippen LogP) is 5.16. The molecule has 1 heterocycles. The number of amides is 1. The monoisotopic (exact) mass is 389 g/mol. The fraction of sp³-hybridized carbons (Fsp3) is 0.0588. The number of aryl methyl sites for hydroxylation is 1. The molecular formula is C17H12BrNOS2. The van der Waals surface area contributed by atoms with E-state index in [4.69, 9.17) is 12.2 Å². The molecule has 2 nitrogen and oxygen atoms in total. The van der Waals surface area contributed by atoms with Gasteiger partial charge in [-0.2, -0.15) is 0 Å². The number of nitrogens with zero attached hydrogens (tertiary/aromatic N) is 1. The Kier molecular flexibility index (Phi) is 4.47. The van der Waals surface area contributed by atoms with Crippen LogP contribution in [0.5, 0.6) is 0 Å². The first-order valence-corrected chi connectivity index (χ1v) is 8.66. The standard InChI is InChI=1S/C17H12BrNOS2/c1-11-5-7-14(8-6-11)19-16(20)15(22-17(19)21)10-12-3-2-4-13(18)9-12/h2-10H,1H3. The fourth-order valence-corrected chi connectivity index (χ4v) is 3.85. The number of hydrogen-bond acceptors (Lipinski definition) is 3. The first-order chi connectivity index (χ1) is 10.5. The van der Waals surface area contributed by atoms with Crippen LogP contribution >= 0.6 is 39.9 Å². The molecule has 2 aromatic carbocycles. The third-order valence-corrected chi connectivity index (χ3v) is 5.03. The summed E-state index contributed by atoms with van der Waals surface area (Å²) < 4.78 is 1.55. The van der Waals surface area contributed by atoms with Gasteiger partial charge in [0.25, 0.3) is 5.91 Å². The topological polar surface area (TPSA) is 20.3 Å². The van der Waals surface area contributed by atoms with Gasteiger partial charge in [-0.25, -0.2) is 0 Å². The summed E-state index contributed by atoms with van der Waals surface area (Å²) in [6.07, 6.45) is 1.87. The zero-order valence-electron chi connectivity index (χ0n) is 11.7. The first-order valence-electron chi connectivity index (χ1n) is 6.65. The van der Waals surface area contributed by atoms with Gasteiger partial charge in [0, 0.05) is 4.47 Å². The molecule has 1 aliphatic rings. The van der Waals surface area contributed by atoms with Gasteiger partial charge in [-0.15, -0.1) is 0 Å². The summed E-state index contributed by atoms with van der Waals surface area (Å²) >= 11 is 10.1. The maximum Gasteiger partial charge on any atom is 0.270 e. The summed E-state index contributed by atoms with van der Waals surface area (Å²) in [4.78, 5) is 14.9. The third kappa shape index (κ3) is 3.16. The van der Waals surface area contributed by atoms with Crippen LogP contribution in [0.1, 0.15) is 11.1 Å². The molecule has 5 heteroatoms. The van der Waals surface area contributed by atoms with E-state index in [1.165, 1.54) is 11.8 Å². The van der Waals surface area contributed by atoms with E-state index >= 15 is 0 Å². The summed E-state index contributed by atoms with van der Waals surface area (Å²) in [6.45, 7) is 2.02. The molecule has 0 unspecified atom stereocenters. The summed E-state index contributed by atoms with van der Waals surface area (Å²) in [5, 5.41) is 0. The van der Waals surface area contributed by atoms with E-state index in [0.717, 1.165) is 21.3 Å². The van der Waals surface area contributed by atoms with Crippen LogP contribution in [0.15, 0.2) is 57.9 Å². The van der Waals surface area contributed by atoms with Gasteiger partial charge in [0.2, 0.25) is 0 Å². The third-order valence-electron chi connectivity index (χ3n) is 3.23. The van der Waals surface area contributed by atoms with Crippen LogP contribution in [0.3, 0.4) is 0 Å². The minimum Gasteiger partial charge on any atom is -0.268 e. The van der Waals surface area contributed by atoms with Crippen molar-refractivity contribution in [3.05, 3.63) is 69.0 Å². The van der Waals surface area contributed by atoms with Crippen LogP contribution in [0.2, 0.25) is 0 Å². The van der Waals surface area contributed by atoms with Crippen molar-refractivity contribution < 1.29 is 4.79 Å². The average molecular weight is 390 g/mol. The highest BCUT2D eigenvalue weighted by atomic mass is 79.9. The number of benzene rings is 2. The van der Waals surface area contributed by atoms with Crippen molar-refractivity contribution in [1.82, 2.24) is 0 Å². The Morgan fingerprint density at radius 3 is 2.59 bits per heavy atom. The van der Waals surface area contributed by atoms with Gasteiger partial charge in [0.05, 0.1) is 10.6 Å². The van der Waals surface area contributed by atoms with Crippen molar-refractivity contribution >= 4 is 61.9 Å². The number of anilines is 1. The van der Waals surface area contributed by atoms with E-state index < -0.39 is 0 Å². The van der Waals surface area contributed by atoms with Gasteiger partial charge in [-0.1, -0.05) is 69.7 Å². The first kappa shape index (κ1) is 15.5. The van der Waals surface area contributed by atoms with E-state index in [2.05, 4.69) is 15.9 Å². The molecule has 1 saturated heterocycles. The van der Waals surface area contributed by atoms with Crippen molar-refractivity contribution in [2.24, 2.45) is 0 Å². The zero-order chi connectivity index (χ0) is 15.7. The lowest BCUT2D eigenvalue weighted by Gasteiger charge is -2.14. The maximum absolute atomic E-state index is 12.6. The molecule has 0 atom stereocenters. The molecule has 1 amide bonds. The number of thiocarbonyl (C=S) groups is 1. The van der Waals surface area contributed by atoms with Crippen molar-refractivity contribution in [3.8, 4) is 0 Å². The van der Waals surface area contributed by atoms with Gasteiger partial charge in [-0.3, -0.25) is 9.69 Å². The van der Waals surface area contributed by atoms with Crippen LogP contribution in [-0.4, -0.2) is 10.2 Å². The molecule has 0 N–H and O–H groups in total. The number of hydrogen-bond donors (Lipinski definition) is 0. The van der Waals surface area contributed by atoms with Crippen LogP contribution in [-0.2, 0) is 4.79 Å². The average Bonchev–Trinajstić information content (AvgIpc) is 2.75. The van der Waals surface area contributed by atoms with Gasteiger partial charge in [-0.05, 0) is 42.8 Å². The normalized spacial score (nSPS) is 16.6. The molecule has 0 radical (unpaired) electrons. The Bertz CT molecular complexity index is 784. The Labute approximate surface area is 147 Å². The fourth-order valence-electron chi connectivity index (χ4n) is 2.13. The molecule has 0 aliphatic carbocycles. The summed E-state index contributed by atoms with van der Waals surface area (Å²) in [5.41, 5.74) is 2.93. The highest BCUT2D eigenvalue weighted by Crippen LogP contribution is 2.36. The lowest BCUT2D eigenvalue weighted by molar-refractivity contribution is -0.113. The van der Waals surface area contributed by atoms with E-state index in [-0.39, 0.29) is 5.91 Å². The van der Waals surface area contributed by atoms with Gasteiger partial charge >= 0.3 is 0 Å². The molecule has 0 saturated carbocycles. The molecule has 1 aliphatic heterocycles. The Morgan fingerprint density at radius 1 is 1.18 bits per heavy atom. The van der Waals surface area contributed by atoms with Crippen LogP contribution in [0.4, 0.5) is 5.69 Å². The lowest BCUT2D eigenvalue weighted by Crippen LogP contribution is -2.27. The van der Waals surface area contributed by atoms with E-state index in [1.54, 1.807) is 4.90 Å². The molecule has 110 valence electrons. The molecule has 1 fully saturated rings. The number of carbonyl (C=O) groups is 1. The number of carbonyl (C=O) groups excluding carboxylic acids is 1. The maximum atomic E-state index is 12.6. The molecule has 22 heavy (non-hydrogen) atoms. The van der Waals surface area contributed by atoms with Crippen molar-refractivity contribution in [2.75, 3.05) is 4.90 Å². The van der Waals surface area contributed by atoms with Crippen LogP contribution in [0, 0.1) is 6.92 Å². The van der Waals surface area contributed by atoms with Crippen molar-refractivity contribution in [3.63, 3.8) is 0 Å². The SMILES string of the molecule is Cc1ccc(N2C(=O)C(=Cc3cccc(Br)c3)SC2=S)cc1. The second-order valence-electron chi connectivity index (χ2n) is 4.91. The summed E-state index contributed by atoms with van der Waals surface area (Å²) in [7, 11) is 0. The summed E-state index contributed by atoms with van der Waals surface area (Å²) in [5.74, 6) is -0.0705. The largest absolute Gasteiger partial charge is 0.270 e. The number of rotatable bonds is 2. The van der Waals surface area contributed by atoms with Crippen molar-refractivity contribution in [1.29, 1.82) is 0 Å². The number of thioether (sulfide) groups is 1. The highest BCUT2D eigenvalue weighted by molar-refractivity contribution is 9.10. The quantitative estimate of drug-likeness (QED) is 0.522. The lowest BCUT2D eigenvalue weighted by atomic mass is 10.2. The van der Waals surface area contributed by atoms with Crippen LogP contribution in [0.25, 0.3) is 6.08 Å². The molecule has 3 rings (SSSR count). The molecule has 0 bridgehead atoms. The Morgan fingerprint density at radius 2 is 1.91 bits per heavy atom. The van der Waals surface area contributed by atoms with E-state index in [1.807, 2.05) is 61.5 Å². The van der Waals surface area contributed by atoms with Gasteiger partial charge in [0.15, 0.2) is 4.32 Å². The molecule has 2 aromatic rings. The second kappa shape index (κ2) is 6.36. The van der Waals surface area contributed by atoms with Crippen molar-refractivity contribution in [2.45, 2.75) is 6.92 Å². The molecular weight excluding hydrogens is 378 g/mol. The minimum absolute atomic E-state index is 0.0705. The van der Waals surface area contributed by atoms with E-state index in [9.17, 15) is 4.79 Å². The van der Waals surface area contributed by atoms with Gasteiger partial charge < -0.3 is 0 Å². The predicted molar refractivity (Wildman–Crippen MR) is 101 cm³/mol. The Balaban J connectivity index is 1.93. The second-order valence-corrected chi connectivity index (χ2v) is 7.50. The Hall–Kier alpha value is -1.43. The molecule has 0 aromatic heterocycles.